The average Bonchev–Trinajstić information content (AvgIpc) is 3.36. The van der Waals surface area contributed by atoms with Crippen molar-refractivity contribution in [1.29, 1.82) is 10.5 Å². The fourth-order valence-corrected chi connectivity index (χ4v) is 3.59. The van der Waals surface area contributed by atoms with Gasteiger partial charge in [-0.3, -0.25) is 14.2 Å². The molecule has 1 amide bonds. The molecule has 0 spiro atoms. The summed E-state index contributed by atoms with van der Waals surface area (Å²) in [5.74, 6) is -0.150. The van der Waals surface area contributed by atoms with Gasteiger partial charge >= 0.3 is 0 Å². The van der Waals surface area contributed by atoms with Gasteiger partial charge in [-0.25, -0.2) is 0 Å². The van der Waals surface area contributed by atoms with Crippen molar-refractivity contribution in [1.82, 2.24) is 4.57 Å². The molecule has 1 aromatic carbocycles. The summed E-state index contributed by atoms with van der Waals surface area (Å²) in [6.07, 6.45) is 3.51. The first-order valence-electron chi connectivity index (χ1n) is 7.68. The number of hydrogen-bond acceptors (Lipinski definition) is 5. The van der Waals surface area contributed by atoms with Gasteiger partial charge in [-0.2, -0.15) is 10.5 Å². The highest BCUT2D eigenvalue weighted by Gasteiger charge is 2.27. The third kappa shape index (κ3) is 3.52. The SMILES string of the molecule is CC(=O)Nc1ccc(/C=c2/sc(=C(C#N)C#N)n(C3CC3)c2=O)cc1. The Morgan fingerprint density at radius 3 is 2.44 bits per heavy atom. The van der Waals surface area contributed by atoms with Gasteiger partial charge in [0, 0.05) is 18.7 Å². The van der Waals surface area contributed by atoms with Crippen LogP contribution in [-0.4, -0.2) is 10.5 Å². The maximum absolute atomic E-state index is 12.7. The molecule has 1 heterocycles. The van der Waals surface area contributed by atoms with Crippen LogP contribution in [0.3, 0.4) is 0 Å². The van der Waals surface area contributed by atoms with Gasteiger partial charge in [-0.15, -0.1) is 11.3 Å². The molecule has 0 atom stereocenters. The Kier molecular flexibility index (Phi) is 4.51. The number of rotatable bonds is 3. The van der Waals surface area contributed by atoms with Gasteiger partial charge in [0.25, 0.3) is 5.56 Å². The van der Waals surface area contributed by atoms with Crippen LogP contribution in [0.2, 0.25) is 0 Å². The molecule has 3 rings (SSSR count). The van der Waals surface area contributed by atoms with E-state index < -0.39 is 0 Å². The number of nitrogens with one attached hydrogen (secondary N) is 1. The summed E-state index contributed by atoms with van der Waals surface area (Å²) in [6.45, 7) is 1.44. The zero-order valence-electron chi connectivity index (χ0n) is 13.4. The lowest BCUT2D eigenvalue weighted by Gasteiger charge is -2.01. The molecular weight excluding hydrogens is 336 g/mol. The second-order valence-corrected chi connectivity index (χ2v) is 6.75. The molecule has 6 nitrogen and oxygen atoms in total. The summed E-state index contributed by atoms with van der Waals surface area (Å²) in [4.78, 5) is 23.7. The van der Waals surface area contributed by atoms with Crippen molar-refractivity contribution in [2.45, 2.75) is 25.8 Å². The summed E-state index contributed by atoms with van der Waals surface area (Å²) >= 11 is 1.16. The number of nitriles is 2. The average molecular weight is 350 g/mol. The molecule has 2 aromatic rings. The number of anilines is 1. The number of thiazole rings is 1. The molecule has 7 heteroatoms. The molecule has 1 fully saturated rings. The third-order valence-electron chi connectivity index (χ3n) is 3.73. The van der Waals surface area contributed by atoms with Crippen LogP contribution in [0.5, 0.6) is 0 Å². The third-order valence-corrected chi connectivity index (χ3v) is 4.84. The van der Waals surface area contributed by atoms with E-state index in [1.165, 1.54) is 6.92 Å². The second-order valence-electron chi connectivity index (χ2n) is 5.72. The van der Waals surface area contributed by atoms with E-state index >= 15 is 0 Å². The summed E-state index contributed by atoms with van der Waals surface area (Å²) < 4.78 is 2.49. The second kappa shape index (κ2) is 6.76. The van der Waals surface area contributed by atoms with Crippen LogP contribution in [0.1, 0.15) is 31.4 Å². The van der Waals surface area contributed by atoms with E-state index in [0.717, 1.165) is 29.7 Å². The summed E-state index contributed by atoms with van der Waals surface area (Å²) in [5.41, 5.74) is 1.28. The first-order valence-corrected chi connectivity index (χ1v) is 8.50. The maximum Gasteiger partial charge on any atom is 0.269 e. The van der Waals surface area contributed by atoms with Crippen molar-refractivity contribution in [2.75, 3.05) is 5.32 Å². The predicted molar refractivity (Wildman–Crippen MR) is 95.0 cm³/mol. The topological polar surface area (TPSA) is 98.7 Å². The monoisotopic (exact) mass is 350 g/mol. The Balaban J connectivity index is 2.11. The smallest absolute Gasteiger partial charge is 0.269 e. The van der Waals surface area contributed by atoms with Gasteiger partial charge in [-0.05, 0) is 36.6 Å². The van der Waals surface area contributed by atoms with Gasteiger partial charge in [0.1, 0.15) is 16.8 Å². The van der Waals surface area contributed by atoms with Crippen LogP contribution in [0.15, 0.2) is 29.1 Å². The lowest BCUT2D eigenvalue weighted by molar-refractivity contribution is -0.114. The lowest BCUT2D eigenvalue weighted by atomic mass is 10.2. The van der Waals surface area contributed by atoms with Gasteiger partial charge < -0.3 is 5.32 Å². The number of amides is 1. The number of benzene rings is 1. The van der Waals surface area contributed by atoms with E-state index in [9.17, 15) is 9.59 Å². The number of aromatic nitrogens is 1. The largest absolute Gasteiger partial charge is 0.326 e. The first-order chi connectivity index (χ1) is 12.0. The molecule has 1 aliphatic rings. The molecule has 124 valence electrons. The van der Waals surface area contributed by atoms with Crippen LogP contribution < -0.4 is 20.1 Å². The molecule has 0 radical (unpaired) electrons. The minimum atomic E-state index is -0.170. The Bertz CT molecular complexity index is 1070. The zero-order chi connectivity index (χ0) is 18.0. The Morgan fingerprint density at radius 2 is 1.92 bits per heavy atom. The van der Waals surface area contributed by atoms with E-state index in [2.05, 4.69) is 5.32 Å². The van der Waals surface area contributed by atoms with Crippen molar-refractivity contribution in [3.63, 3.8) is 0 Å². The standard InChI is InChI=1S/C18H14N4O2S/c1-11(23)21-14-4-2-12(3-5-14)8-16-17(24)22(15-6-7-15)18(25-16)13(9-19)10-20/h2-5,8,15H,6-7H2,1H3,(H,21,23)/b16-8+. The Hall–Kier alpha value is -3.16. The van der Waals surface area contributed by atoms with E-state index in [1.54, 1.807) is 34.9 Å². The highest BCUT2D eigenvalue weighted by atomic mass is 32.1. The molecule has 0 aliphatic heterocycles. The minimum absolute atomic E-state index is 0.0327. The Morgan fingerprint density at radius 1 is 1.28 bits per heavy atom. The van der Waals surface area contributed by atoms with Crippen LogP contribution in [-0.2, 0) is 4.79 Å². The van der Waals surface area contributed by atoms with Gasteiger partial charge in [-0.1, -0.05) is 12.1 Å². The quantitative estimate of drug-likeness (QED) is 0.900. The molecule has 1 N–H and O–H groups in total. The van der Waals surface area contributed by atoms with Crippen molar-refractivity contribution in [3.05, 3.63) is 49.4 Å². The van der Waals surface area contributed by atoms with Gasteiger partial charge in [0.15, 0.2) is 5.57 Å². The number of carbonyl (C=O) groups excluding carboxylic acids is 1. The molecule has 25 heavy (non-hydrogen) atoms. The molecule has 1 aliphatic carbocycles. The van der Waals surface area contributed by atoms with Crippen molar-refractivity contribution < 1.29 is 4.79 Å². The summed E-state index contributed by atoms with van der Waals surface area (Å²) in [7, 11) is 0. The highest BCUT2D eigenvalue weighted by Crippen LogP contribution is 2.32. The molecule has 0 unspecified atom stereocenters. The predicted octanol–water partition coefficient (Wildman–Crippen LogP) is 1.23. The molecule has 0 bridgehead atoms. The maximum atomic E-state index is 12.7. The van der Waals surface area contributed by atoms with Crippen molar-refractivity contribution >= 4 is 34.6 Å². The molecule has 1 saturated carbocycles. The van der Waals surface area contributed by atoms with Crippen molar-refractivity contribution in [2.24, 2.45) is 0 Å². The van der Waals surface area contributed by atoms with E-state index in [-0.39, 0.29) is 23.1 Å². The fraction of sp³-hybridized carbons (Fsp3) is 0.222. The number of hydrogen-bond donors (Lipinski definition) is 1. The van der Waals surface area contributed by atoms with E-state index in [0.29, 0.717) is 14.9 Å². The molecular formula is C18H14N4O2S. The minimum Gasteiger partial charge on any atom is -0.326 e. The summed E-state index contributed by atoms with van der Waals surface area (Å²) in [6, 6.07) is 10.9. The van der Waals surface area contributed by atoms with Crippen molar-refractivity contribution in [3.8, 4) is 12.1 Å². The number of nitrogens with zero attached hydrogens (tertiary/aromatic N) is 3. The van der Waals surface area contributed by atoms with Gasteiger partial charge in [0.2, 0.25) is 5.91 Å². The highest BCUT2D eigenvalue weighted by molar-refractivity contribution is 7.07. The van der Waals surface area contributed by atoms with Crippen LogP contribution in [0, 0.1) is 22.7 Å². The van der Waals surface area contributed by atoms with E-state index in [4.69, 9.17) is 10.5 Å². The van der Waals surface area contributed by atoms with Crippen LogP contribution in [0.25, 0.3) is 11.6 Å². The van der Waals surface area contributed by atoms with Crippen LogP contribution in [0.4, 0.5) is 5.69 Å². The fourth-order valence-electron chi connectivity index (χ4n) is 2.47. The van der Waals surface area contributed by atoms with Gasteiger partial charge in [0.05, 0.1) is 4.53 Å². The first kappa shape index (κ1) is 16.7. The van der Waals surface area contributed by atoms with E-state index in [1.807, 2.05) is 12.1 Å². The summed E-state index contributed by atoms with van der Waals surface area (Å²) in [5, 5.41) is 21.0. The normalized spacial score (nSPS) is 13.8. The lowest BCUT2D eigenvalue weighted by Crippen LogP contribution is -2.31. The van der Waals surface area contributed by atoms with Crippen LogP contribution >= 0.6 is 11.3 Å². The molecule has 0 saturated heterocycles. The zero-order valence-corrected chi connectivity index (χ0v) is 14.3. The Labute approximate surface area is 147 Å². The molecule has 1 aromatic heterocycles. The number of carbonyl (C=O) groups is 1.